The van der Waals surface area contributed by atoms with Gasteiger partial charge >= 0.3 is 0 Å². The normalized spacial score (nSPS) is 10.0. The van der Waals surface area contributed by atoms with Crippen LogP contribution in [0.1, 0.15) is 15.9 Å². The van der Waals surface area contributed by atoms with E-state index in [1.165, 1.54) is 7.11 Å². The second-order valence-electron chi connectivity index (χ2n) is 2.88. The van der Waals surface area contributed by atoms with Crippen molar-refractivity contribution in [1.29, 1.82) is 0 Å². The molecule has 0 aliphatic heterocycles. The second kappa shape index (κ2) is 4.71. The van der Waals surface area contributed by atoms with Crippen LogP contribution in [0, 0.1) is 6.92 Å². The van der Waals surface area contributed by atoms with Crippen molar-refractivity contribution in [3.05, 3.63) is 28.3 Å². The molecule has 0 radical (unpaired) electrons. The number of methoxy groups -OCH3 is 1. The number of hydrogen-bond donors (Lipinski definition) is 1. The summed E-state index contributed by atoms with van der Waals surface area (Å²) in [6.45, 7) is 1.85. The van der Waals surface area contributed by atoms with Crippen LogP contribution >= 0.6 is 24.2 Å². The van der Waals surface area contributed by atoms with E-state index in [-0.39, 0.29) is 11.5 Å². The summed E-state index contributed by atoms with van der Waals surface area (Å²) in [5.41, 5.74) is 1.35. The van der Waals surface area contributed by atoms with Gasteiger partial charge in [-0.2, -0.15) is 12.6 Å². The summed E-state index contributed by atoms with van der Waals surface area (Å²) in [6.07, 6.45) is 0. The Morgan fingerprint density at radius 2 is 2.21 bits per heavy atom. The van der Waals surface area contributed by atoms with Crippen LogP contribution in [0.5, 0.6) is 5.75 Å². The van der Waals surface area contributed by atoms with Crippen LogP contribution in [0.2, 0.25) is 5.02 Å². The molecule has 0 aliphatic carbocycles. The largest absolute Gasteiger partial charge is 0.496 e. The lowest BCUT2D eigenvalue weighted by molar-refractivity contribution is 0.102. The molecule has 0 saturated heterocycles. The summed E-state index contributed by atoms with van der Waals surface area (Å²) < 4.78 is 5.14. The molecule has 1 aromatic carbocycles. The van der Waals surface area contributed by atoms with Gasteiger partial charge < -0.3 is 4.74 Å². The van der Waals surface area contributed by atoms with Gasteiger partial charge in [0, 0.05) is 5.02 Å². The highest BCUT2D eigenvalue weighted by molar-refractivity contribution is 7.81. The van der Waals surface area contributed by atoms with Crippen molar-refractivity contribution < 1.29 is 9.53 Å². The molecule has 0 heterocycles. The Labute approximate surface area is 93.6 Å². The summed E-state index contributed by atoms with van der Waals surface area (Å²) >= 11 is 9.78. The topological polar surface area (TPSA) is 26.3 Å². The van der Waals surface area contributed by atoms with Gasteiger partial charge in [0.25, 0.3) is 0 Å². The molecule has 0 aliphatic rings. The molecule has 4 heteroatoms. The van der Waals surface area contributed by atoms with E-state index in [1.807, 2.05) is 6.92 Å². The van der Waals surface area contributed by atoms with E-state index in [1.54, 1.807) is 12.1 Å². The van der Waals surface area contributed by atoms with Gasteiger partial charge in [-0.15, -0.1) is 0 Å². The number of carbonyl (C=O) groups excluding carboxylic acids is 1. The molecule has 0 unspecified atom stereocenters. The second-order valence-corrected chi connectivity index (χ2v) is 3.64. The number of rotatable bonds is 3. The Morgan fingerprint density at radius 1 is 1.57 bits per heavy atom. The minimum atomic E-state index is -0.0872. The average molecular weight is 231 g/mol. The molecule has 1 rings (SSSR count). The molecule has 14 heavy (non-hydrogen) atoms. The lowest BCUT2D eigenvalue weighted by atomic mass is 10.1. The number of ether oxygens (including phenoxy) is 1. The molecule has 0 aromatic heterocycles. The summed E-state index contributed by atoms with van der Waals surface area (Å²) in [6, 6.07) is 3.36. The fourth-order valence-electron chi connectivity index (χ4n) is 1.29. The van der Waals surface area contributed by atoms with Gasteiger partial charge in [0.15, 0.2) is 5.78 Å². The third-order valence-electron chi connectivity index (χ3n) is 1.89. The van der Waals surface area contributed by atoms with E-state index in [0.29, 0.717) is 16.3 Å². The molecular weight excluding hydrogens is 220 g/mol. The fraction of sp³-hybridized carbons (Fsp3) is 0.300. The fourth-order valence-corrected chi connectivity index (χ4v) is 1.74. The molecule has 0 spiro atoms. The SMILES string of the molecule is COc1c(C)cc(Cl)cc1C(=O)CS. The number of ketones is 1. The number of hydrogen-bond acceptors (Lipinski definition) is 3. The lowest BCUT2D eigenvalue weighted by Gasteiger charge is -2.10. The van der Waals surface area contributed by atoms with Crippen LogP contribution in [-0.4, -0.2) is 18.6 Å². The zero-order valence-corrected chi connectivity index (χ0v) is 9.65. The van der Waals surface area contributed by atoms with Crippen molar-refractivity contribution >= 4 is 30.0 Å². The Bertz CT molecular complexity index is 363. The van der Waals surface area contributed by atoms with Crippen LogP contribution in [-0.2, 0) is 0 Å². The van der Waals surface area contributed by atoms with Crippen molar-refractivity contribution in [2.24, 2.45) is 0 Å². The quantitative estimate of drug-likeness (QED) is 0.639. The average Bonchev–Trinajstić information content (AvgIpc) is 2.15. The van der Waals surface area contributed by atoms with Crippen LogP contribution in [0.15, 0.2) is 12.1 Å². The molecule has 0 N–H and O–H groups in total. The first-order valence-electron chi connectivity index (χ1n) is 4.08. The van der Waals surface area contributed by atoms with Crippen molar-refractivity contribution in [3.63, 3.8) is 0 Å². The van der Waals surface area contributed by atoms with Crippen molar-refractivity contribution in [3.8, 4) is 5.75 Å². The van der Waals surface area contributed by atoms with Crippen LogP contribution in [0.3, 0.4) is 0 Å². The Morgan fingerprint density at radius 3 is 2.71 bits per heavy atom. The highest BCUT2D eigenvalue weighted by atomic mass is 35.5. The summed E-state index contributed by atoms with van der Waals surface area (Å²) in [5.74, 6) is 0.639. The number of halogens is 1. The maximum absolute atomic E-state index is 11.5. The number of benzene rings is 1. The van der Waals surface area contributed by atoms with Crippen LogP contribution in [0.4, 0.5) is 0 Å². The van der Waals surface area contributed by atoms with Crippen molar-refractivity contribution in [2.45, 2.75) is 6.92 Å². The van der Waals surface area contributed by atoms with E-state index in [0.717, 1.165) is 5.56 Å². The molecule has 0 amide bonds. The van der Waals surface area contributed by atoms with E-state index < -0.39 is 0 Å². The molecule has 0 saturated carbocycles. The van der Waals surface area contributed by atoms with E-state index in [9.17, 15) is 4.79 Å². The molecule has 1 aromatic rings. The van der Waals surface area contributed by atoms with Gasteiger partial charge in [0.2, 0.25) is 0 Å². The van der Waals surface area contributed by atoms with E-state index in [4.69, 9.17) is 16.3 Å². The maximum atomic E-state index is 11.5. The van der Waals surface area contributed by atoms with E-state index >= 15 is 0 Å². The Kier molecular flexibility index (Phi) is 3.84. The maximum Gasteiger partial charge on any atom is 0.176 e. The number of carbonyl (C=O) groups is 1. The highest BCUT2D eigenvalue weighted by Crippen LogP contribution is 2.27. The van der Waals surface area contributed by atoms with Crippen LogP contribution < -0.4 is 4.74 Å². The zero-order chi connectivity index (χ0) is 10.7. The number of thiol groups is 1. The molecular formula is C10H11ClO2S. The van der Waals surface area contributed by atoms with Crippen molar-refractivity contribution in [1.82, 2.24) is 0 Å². The smallest absolute Gasteiger partial charge is 0.176 e. The Balaban J connectivity index is 3.32. The van der Waals surface area contributed by atoms with Gasteiger partial charge in [-0.1, -0.05) is 11.6 Å². The lowest BCUT2D eigenvalue weighted by Crippen LogP contribution is -2.04. The molecule has 0 fully saturated rings. The predicted octanol–water partition coefficient (Wildman–Crippen LogP) is 2.77. The first-order valence-corrected chi connectivity index (χ1v) is 5.09. The number of aryl methyl sites for hydroxylation is 1. The monoisotopic (exact) mass is 230 g/mol. The third kappa shape index (κ3) is 2.22. The standard InChI is InChI=1S/C10H11ClO2S/c1-6-3-7(11)4-8(9(12)5-14)10(6)13-2/h3-4,14H,5H2,1-2H3. The number of Topliss-reactive ketones (excluding diaryl/α,β-unsaturated/α-hetero) is 1. The zero-order valence-electron chi connectivity index (χ0n) is 8.00. The van der Waals surface area contributed by atoms with Gasteiger partial charge in [-0.3, -0.25) is 4.79 Å². The molecule has 76 valence electrons. The summed E-state index contributed by atoms with van der Waals surface area (Å²) in [7, 11) is 1.53. The molecule has 0 bridgehead atoms. The first kappa shape index (κ1) is 11.4. The van der Waals surface area contributed by atoms with Gasteiger partial charge in [-0.05, 0) is 24.6 Å². The molecule has 2 nitrogen and oxygen atoms in total. The minimum Gasteiger partial charge on any atom is -0.496 e. The van der Waals surface area contributed by atoms with Gasteiger partial charge in [-0.25, -0.2) is 0 Å². The molecule has 0 atom stereocenters. The predicted molar refractivity (Wildman–Crippen MR) is 60.9 cm³/mol. The van der Waals surface area contributed by atoms with E-state index in [2.05, 4.69) is 12.6 Å². The summed E-state index contributed by atoms with van der Waals surface area (Å²) in [4.78, 5) is 11.5. The first-order chi connectivity index (χ1) is 6.60. The highest BCUT2D eigenvalue weighted by Gasteiger charge is 2.13. The minimum absolute atomic E-state index is 0.0872. The van der Waals surface area contributed by atoms with Crippen molar-refractivity contribution in [2.75, 3.05) is 12.9 Å². The van der Waals surface area contributed by atoms with Crippen LogP contribution in [0.25, 0.3) is 0 Å². The van der Waals surface area contributed by atoms with Gasteiger partial charge in [0.05, 0.1) is 18.4 Å². The summed E-state index contributed by atoms with van der Waals surface area (Å²) in [5, 5.41) is 0.536. The third-order valence-corrected chi connectivity index (χ3v) is 2.39. The van der Waals surface area contributed by atoms with Gasteiger partial charge in [0.1, 0.15) is 5.75 Å². The Hall–Kier alpha value is -0.670.